The number of fused-ring (bicyclic) bond motifs is 2. The van der Waals surface area contributed by atoms with Crippen molar-refractivity contribution in [3.05, 3.63) is 56.9 Å². The Balaban J connectivity index is 1.98. The van der Waals surface area contributed by atoms with Crippen LogP contribution in [0.2, 0.25) is 0 Å². The minimum absolute atomic E-state index is 0.158. The van der Waals surface area contributed by atoms with E-state index in [4.69, 9.17) is 0 Å². The molecule has 3 aromatic rings. The van der Waals surface area contributed by atoms with Crippen LogP contribution < -0.4 is 10.4 Å². The molecule has 0 amide bonds. The Morgan fingerprint density at radius 1 is 1.19 bits per heavy atom. The minimum Gasteiger partial charge on any atom is -0.494 e. The number of para-hydroxylation sites is 1. The Morgan fingerprint density at radius 3 is 3.00 bits per heavy atom. The summed E-state index contributed by atoms with van der Waals surface area (Å²) in [7, 11) is 0. The SMILES string of the molecule is Oc1[nH]c2c(Br)cccc2c1/C=c1\ccc2c(c1)N=NC=2. The van der Waals surface area contributed by atoms with E-state index >= 15 is 0 Å². The van der Waals surface area contributed by atoms with E-state index in [1.165, 1.54) is 0 Å². The van der Waals surface area contributed by atoms with Crippen LogP contribution in [-0.4, -0.2) is 10.1 Å². The average molecular weight is 340 g/mol. The van der Waals surface area contributed by atoms with Gasteiger partial charge < -0.3 is 10.1 Å². The molecule has 5 heteroatoms. The molecule has 0 fully saturated rings. The maximum absolute atomic E-state index is 10.2. The first kappa shape index (κ1) is 12.3. The summed E-state index contributed by atoms with van der Waals surface area (Å²) >= 11 is 3.48. The van der Waals surface area contributed by atoms with Crippen molar-refractivity contribution in [1.29, 1.82) is 0 Å². The van der Waals surface area contributed by atoms with E-state index in [0.29, 0.717) is 0 Å². The molecule has 0 unspecified atom stereocenters. The summed E-state index contributed by atoms with van der Waals surface area (Å²) < 4.78 is 0.923. The largest absolute Gasteiger partial charge is 0.494 e. The third kappa shape index (κ3) is 1.97. The first-order valence-electron chi connectivity index (χ1n) is 6.44. The predicted octanol–water partition coefficient (Wildman–Crippen LogP) is 3.30. The third-order valence-corrected chi connectivity index (χ3v) is 4.19. The molecule has 0 saturated heterocycles. The molecule has 2 aromatic carbocycles. The number of rotatable bonds is 1. The molecule has 0 atom stereocenters. The van der Waals surface area contributed by atoms with Gasteiger partial charge >= 0.3 is 0 Å². The number of azo groups is 1. The molecular formula is C16H10BrN3O. The van der Waals surface area contributed by atoms with E-state index in [1.807, 2.05) is 42.5 Å². The maximum Gasteiger partial charge on any atom is 0.196 e. The Hall–Kier alpha value is -2.40. The van der Waals surface area contributed by atoms with Gasteiger partial charge in [0.05, 0.1) is 17.4 Å². The van der Waals surface area contributed by atoms with Crippen molar-refractivity contribution in [2.75, 3.05) is 0 Å². The van der Waals surface area contributed by atoms with Crippen LogP contribution in [0.25, 0.3) is 23.2 Å². The summed E-state index contributed by atoms with van der Waals surface area (Å²) in [6.07, 6.45) is 3.67. The monoisotopic (exact) mass is 339 g/mol. The number of halogens is 1. The van der Waals surface area contributed by atoms with E-state index in [0.717, 1.165) is 37.1 Å². The fraction of sp³-hybridized carbons (Fsp3) is 0. The third-order valence-electron chi connectivity index (χ3n) is 3.53. The molecule has 1 aromatic heterocycles. The maximum atomic E-state index is 10.2. The number of nitrogens with zero attached hydrogens (tertiary/aromatic N) is 2. The number of aromatic amines is 1. The zero-order valence-corrected chi connectivity index (χ0v) is 12.4. The zero-order valence-electron chi connectivity index (χ0n) is 10.8. The van der Waals surface area contributed by atoms with Crippen molar-refractivity contribution < 1.29 is 5.11 Å². The Kier molecular flexibility index (Phi) is 2.68. The number of aromatic nitrogens is 1. The molecule has 0 bridgehead atoms. The van der Waals surface area contributed by atoms with E-state index < -0.39 is 0 Å². The van der Waals surface area contributed by atoms with Gasteiger partial charge in [0.25, 0.3) is 0 Å². The smallest absolute Gasteiger partial charge is 0.196 e. The molecule has 4 rings (SSSR count). The van der Waals surface area contributed by atoms with Gasteiger partial charge in [-0.3, -0.25) is 0 Å². The average Bonchev–Trinajstić information content (AvgIpc) is 3.05. The standard InChI is InChI=1S/C16H10BrN3O/c17-13-3-1-2-11-12(16(21)19-15(11)13)6-9-4-5-10-8-18-20-14(10)7-9/h1-8,19,21H/b9-6+. The van der Waals surface area contributed by atoms with Crippen LogP contribution in [0, 0.1) is 0 Å². The number of H-pyrrole nitrogens is 1. The number of hydrogen-bond donors (Lipinski definition) is 2. The molecular weight excluding hydrogens is 330 g/mol. The van der Waals surface area contributed by atoms with Gasteiger partial charge in [0.2, 0.25) is 0 Å². The summed E-state index contributed by atoms with van der Waals surface area (Å²) in [6, 6.07) is 11.8. The summed E-state index contributed by atoms with van der Waals surface area (Å²) in [6.45, 7) is 0. The molecule has 21 heavy (non-hydrogen) atoms. The lowest BCUT2D eigenvalue weighted by Gasteiger charge is -1.95. The van der Waals surface area contributed by atoms with Gasteiger partial charge in [-0.15, -0.1) is 0 Å². The number of benzene rings is 2. The van der Waals surface area contributed by atoms with Gasteiger partial charge in [0.15, 0.2) is 5.88 Å². The van der Waals surface area contributed by atoms with Gasteiger partial charge in [0, 0.05) is 20.6 Å². The molecule has 2 heterocycles. The predicted molar refractivity (Wildman–Crippen MR) is 85.9 cm³/mol. The lowest BCUT2D eigenvalue weighted by molar-refractivity contribution is 0.457. The quantitative estimate of drug-likeness (QED) is 0.702. The van der Waals surface area contributed by atoms with Crippen molar-refractivity contribution in [2.24, 2.45) is 10.2 Å². The number of aromatic hydroxyl groups is 1. The fourth-order valence-electron chi connectivity index (χ4n) is 2.50. The highest BCUT2D eigenvalue weighted by molar-refractivity contribution is 9.10. The van der Waals surface area contributed by atoms with Gasteiger partial charge in [-0.25, -0.2) is 0 Å². The molecule has 0 aliphatic carbocycles. The van der Waals surface area contributed by atoms with Gasteiger partial charge in [-0.2, -0.15) is 10.2 Å². The van der Waals surface area contributed by atoms with Crippen LogP contribution in [0.15, 0.2) is 51.1 Å². The highest BCUT2D eigenvalue weighted by atomic mass is 79.9. The van der Waals surface area contributed by atoms with Crippen molar-refractivity contribution in [3.63, 3.8) is 0 Å². The summed E-state index contributed by atoms with van der Waals surface area (Å²) in [5.74, 6) is 0.158. The highest BCUT2D eigenvalue weighted by Crippen LogP contribution is 2.32. The van der Waals surface area contributed by atoms with E-state index in [-0.39, 0.29) is 5.88 Å². The Labute approximate surface area is 128 Å². The van der Waals surface area contributed by atoms with Gasteiger partial charge in [-0.1, -0.05) is 24.3 Å². The number of nitrogens with one attached hydrogen (secondary N) is 1. The number of hydrogen-bond acceptors (Lipinski definition) is 3. The van der Waals surface area contributed by atoms with Crippen LogP contribution in [0.5, 0.6) is 5.88 Å². The van der Waals surface area contributed by atoms with Crippen LogP contribution in [-0.2, 0) is 0 Å². The first-order valence-corrected chi connectivity index (χ1v) is 7.24. The van der Waals surface area contributed by atoms with Crippen molar-refractivity contribution in [3.8, 4) is 5.88 Å². The lowest BCUT2D eigenvalue weighted by atomic mass is 10.1. The van der Waals surface area contributed by atoms with Crippen LogP contribution in [0.1, 0.15) is 5.56 Å². The second-order valence-electron chi connectivity index (χ2n) is 4.86. The van der Waals surface area contributed by atoms with Crippen molar-refractivity contribution in [2.45, 2.75) is 0 Å². The Bertz CT molecular complexity index is 1020. The molecule has 1 aliphatic heterocycles. The van der Waals surface area contributed by atoms with E-state index in [9.17, 15) is 5.11 Å². The normalized spacial score (nSPS) is 13.7. The van der Waals surface area contributed by atoms with Crippen LogP contribution in [0.4, 0.5) is 5.69 Å². The van der Waals surface area contributed by atoms with Gasteiger partial charge in [-0.05, 0) is 39.4 Å². The van der Waals surface area contributed by atoms with E-state index in [2.05, 4.69) is 31.1 Å². The Morgan fingerprint density at radius 2 is 2.10 bits per heavy atom. The van der Waals surface area contributed by atoms with E-state index in [1.54, 1.807) is 6.20 Å². The summed E-state index contributed by atoms with van der Waals surface area (Å²) in [5.41, 5.74) is 2.50. The van der Waals surface area contributed by atoms with Crippen molar-refractivity contribution in [1.82, 2.24) is 4.98 Å². The summed E-state index contributed by atoms with van der Waals surface area (Å²) in [4.78, 5) is 3.00. The summed E-state index contributed by atoms with van der Waals surface area (Å²) in [5, 5.41) is 21.1. The van der Waals surface area contributed by atoms with Crippen molar-refractivity contribution >= 4 is 44.8 Å². The lowest BCUT2D eigenvalue weighted by Crippen LogP contribution is -2.06. The molecule has 102 valence electrons. The fourth-order valence-corrected chi connectivity index (χ4v) is 2.97. The molecule has 0 spiro atoms. The molecule has 4 nitrogen and oxygen atoms in total. The second kappa shape index (κ2) is 4.56. The van der Waals surface area contributed by atoms with Crippen LogP contribution >= 0.6 is 15.9 Å². The minimum atomic E-state index is 0.158. The molecule has 0 radical (unpaired) electrons. The zero-order chi connectivity index (χ0) is 14.4. The molecule has 1 aliphatic rings. The second-order valence-corrected chi connectivity index (χ2v) is 5.71. The first-order chi connectivity index (χ1) is 10.2. The van der Waals surface area contributed by atoms with Gasteiger partial charge in [0.1, 0.15) is 0 Å². The molecule has 2 N–H and O–H groups in total. The highest BCUT2D eigenvalue weighted by Gasteiger charge is 2.10. The van der Waals surface area contributed by atoms with Crippen LogP contribution in [0.3, 0.4) is 0 Å². The molecule has 0 saturated carbocycles. The topological polar surface area (TPSA) is 60.7 Å².